The van der Waals surface area contributed by atoms with Gasteiger partial charge in [0.25, 0.3) is 0 Å². The van der Waals surface area contributed by atoms with Crippen LogP contribution in [0.25, 0.3) is 0 Å². The van der Waals surface area contributed by atoms with Crippen molar-refractivity contribution in [3.05, 3.63) is 65.2 Å². The van der Waals surface area contributed by atoms with Gasteiger partial charge in [0, 0.05) is 17.9 Å². The summed E-state index contributed by atoms with van der Waals surface area (Å²) in [6.45, 7) is 1.75. The van der Waals surface area contributed by atoms with Crippen LogP contribution in [0.15, 0.2) is 42.6 Å². The average molecular weight is 244 g/mol. The van der Waals surface area contributed by atoms with Gasteiger partial charge in [0.1, 0.15) is 5.82 Å². The predicted molar refractivity (Wildman–Crippen MR) is 70.6 cm³/mol. The van der Waals surface area contributed by atoms with Gasteiger partial charge in [0.2, 0.25) is 0 Å². The maximum absolute atomic E-state index is 13.2. The lowest BCUT2D eigenvalue weighted by atomic mass is 10.00. The molecule has 2 rings (SSSR count). The molecule has 1 atom stereocenters. The summed E-state index contributed by atoms with van der Waals surface area (Å²) in [6.07, 6.45) is 3.42. The van der Waals surface area contributed by atoms with Crippen LogP contribution in [-0.4, -0.2) is 4.98 Å². The van der Waals surface area contributed by atoms with Gasteiger partial charge < -0.3 is 5.73 Å². The molecule has 2 nitrogen and oxygen atoms in total. The Balaban J connectivity index is 1.99. The van der Waals surface area contributed by atoms with E-state index in [0.717, 1.165) is 24.1 Å². The fourth-order valence-electron chi connectivity index (χ4n) is 1.91. The van der Waals surface area contributed by atoms with Crippen molar-refractivity contribution in [2.24, 2.45) is 5.73 Å². The summed E-state index contributed by atoms with van der Waals surface area (Å²) in [5.41, 5.74) is 8.76. The Morgan fingerprint density at radius 2 is 2.11 bits per heavy atom. The predicted octanol–water partition coefficient (Wildman–Crippen LogP) is 3.16. The van der Waals surface area contributed by atoms with E-state index in [0.29, 0.717) is 5.56 Å². The largest absolute Gasteiger partial charge is 0.324 e. The van der Waals surface area contributed by atoms with Gasteiger partial charge in [-0.15, -0.1) is 0 Å². The summed E-state index contributed by atoms with van der Waals surface area (Å²) < 4.78 is 13.2. The third kappa shape index (κ3) is 3.14. The summed E-state index contributed by atoms with van der Waals surface area (Å²) in [5, 5.41) is 0. The normalized spacial score (nSPS) is 12.4. The van der Waals surface area contributed by atoms with E-state index in [9.17, 15) is 4.39 Å². The summed E-state index contributed by atoms with van der Waals surface area (Å²) in [7, 11) is 0. The lowest BCUT2D eigenvalue weighted by Gasteiger charge is -2.12. The first kappa shape index (κ1) is 12.7. The summed E-state index contributed by atoms with van der Waals surface area (Å²) in [4.78, 5) is 4.26. The van der Waals surface area contributed by atoms with Gasteiger partial charge in [-0.25, -0.2) is 4.39 Å². The van der Waals surface area contributed by atoms with E-state index < -0.39 is 0 Å². The summed E-state index contributed by atoms with van der Waals surface area (Å²) >= 11 is 0. The molecule has 2 aromatic rings. The van der Waals surface area contributed by atoms with Gasteiger partial charge in [-0.05, 0) is 49.1 Å². The fourth-order valence-corrected chi connectivity index (χ4v) is 1.91. The second kappa shape index (κ2) is 5.74. The monoisotopic (exact) mass is 244 g/mol. The maximum Gasteiger partial charge on any atom is 0.126 e. The molecule has 0 spiro atoms. The molecule has 0 aliphatic carbocycles. The Hall–Kier alpha value is -1.74. The van der Waals surface area contributed by atoms with Crippen LogP contribution in [0.2, 0.25) is 0 Å². The Morgan fingerprint density at radius 1 is 1.28 bits per heavy atom. The molecule has 0 radical (unpaired) electrons. The molecule has 0 aliphatic heterocycles. The molecular weight excluding hydrogens is 227 g/mol. The molecule has 94 valence electrons. The molecule has 0 amide bonds. The first-order valence-electron chi connectivity index (χ1n) is 6.08. The molecule has 0 fully saturated rings. The molecule has 1 aromatic carbocycles. The van der Waals surface area contributed by atoms with Crippen LogP contribution in [0.5, 0.6) is 0 Å². The second-order valence-electron chi connectivity index (χ2n) is 4.47. The van der Waals surface area contributed by atoms with Gasteiger partial charge in [0.05, 0.1) is 0 Å². The van der Waals surface area contributed by atoms with E-state index in [2.05, 4.69) is 4.98 Å². The number of aryl methyl sites for hydroxylation is 2. The number of nitrogens with two attached hydrogens (primary N) is 1. The molecule has 0 saturated carbocycles. The second-order valence-corrected chi connectivity index (χ2v) is 4.47. The topological polar surface area (TPSA) is 38.9 Å². The minimum Gasteiger partial charge on any atom is -0.324 e. The van der Waals surface area contributed by atoms with Crippen LogP contribution < -0.4 is 5.73 Å². The standard InChI is InChI=1S/C15H17FN2/c1-11-10-12(5-7-14(11)16)15(17)8-6-13-4-2-3-9-18-13/h2-5,7,9-10,15H,6,8,17H2,1H3. The number of benzene rings is 1. The number of nitrogens with zero attached hydrogens (tertiary/aromatic N) is 1. The number of rotatable bonds is 4. The van der Waals surface area contributed by atoms with Crippen molar-refractivity contribution in [3.63, 3.8) is 0 Å². The zero-order valence-electron chi connectivity index (χ0n) is 10.4. The van der Waals surface area contributed by atoms with E-state index in [-0.39, 0.29) is 11.9 Å². The third-order valence-corrected chi connectivity index (χ3v) is 3.05. The Morgan fingerprint density at radius 3 is 2.78 bits per heavy atom. The zero-order valence-corrected chi connectivity index (χ0v) is 10.4. The van der Waals surface area contributed by atoms with Gasteiger partial charge in [-0.2, -0.15) is 0 Å². The summed E-state index contributed by atoms with van der Waals surface area (Å²) in [6, 6.07) is 10.8. The average Bonchev–Trinajstić information content (AvgIpc) is 2.40. The summed E-state index contributed by atoms with van der Waals surface area (Å²) in [5.74, 6) is -0.185. The third-order valence-electron chi connectivity index (χ3n) is 3.05. The van der Waals surface area contributed by atoms with Crippen molar-refractivity contribution < 1.29 is 4.39 Å². The molecule has 1 unspecified atom stereocenters. The zero-order chi connectivity index (χ0) is 13.0. The first-order chi connectivity index (χ1) is 8.66. The number of halogens is 1. The molecule has 0 aliphatic rings. The van der Waals surface area contributed by atoms with Gasteiger partial charge in [-0.3, -0.25) is 4.98 Å². The van der Waals surface area contributed by atoms with Crippen molar-refractivity contribution in [1.82, 2.24) is 4.98 Å². The Labute approximate surface area is 107 Å². The maximum atomic E-state index is 13.2. The lowest BCUT2D eigenvalue weighted by molar-refractivity contribution is 0.609. The minimum absolute atomic E-state index is 0.0775. The van der Waals surface area contributed by atoms with Gasteiger partial charge >= 0.3 is 0 Å². The number of hydrogen-bond acceptors (Lipinski definition) is 2. The molecule has 3 heteroatoms. The van der Waals surface area contributed by atoms with Gasteiger partial charge in [-0.1, -0.05) is 18.2 Å². The Bertz CT molecular complexity index is 511. The molecule has 1 aromatic heterocycles. The van der Waals surface area contributed by atoms with E-state index in [4.69, 9.17) is 5.73 Å². The lowest BCUT2D eigenvalue weighted by Crippen LogP contribution is -2.12. The van der Waals surface area contributed by atoms with E-state index in [1.54, 1.807) is 19.2 Å². The van der Waals surface area contributed by atoms with Crippen LogP contribution in [0, 0.1) is 12.7 Å². The van der Waals surface area contributed by atoms with Crippen LogP contribution in [-0.2, 0) is 6.42 Å². The Kier molecular flexibility index (Phi) is 4.05. The van der Waals surface area contributed by atoms with Crippen LogP contribution in [0.1, 0.15) is 29.3 Å². The highest BCUT2D eigenvalue weighted by Crippen LogP contribution is 2.18. The van der Waals surface area contributed by atoms with Crippen molar-refractivity contribution in [2.45, 2.75) is 25.8 Å². The first-order valence-corrected chi connectivity index (χ1v) is 6.08. The molecule has 18 heavy (non-hydrogen) atoms. The van der Waals surface area contributed by atoms with Crippen molar-refractivity contribution >= 4 is 0 Å². The quantitative estimate of drug-likeness (QED) is 0.897. The minimum atomic E-state index is -0.185. The van der Waals surface area contributed by atoms with E-state index in [1.807, 2.05) is 24.3 Å². The molecule has 2 N–H and O–H groups in total. The molecular formula is C15H17FN2. The van der Waals surface area contributed by atoms with Crippen molar-refractivity contribution in [1.29, 1.82) is 0 Å². The van der Waals surface area contributed by atoms with Crippen LogP contribution >= 0.6 is 0 Å². The molecule has 0 saturated heterocycles. The van der Waals surface area contributed by atoms with Crippen molar-refractivity contribution in [2.75, 3.05) is 0 Å². The van der Waals surface area contributed by atoms with Gasteiger partial charge in [0.15, 0.2) is 0 Å². The number of hydrogen-bond donors (Lipinski definition) is 1. The SMILES string of the molecule is Cc1cc(C(N)CCc2ccccn2)ccc1F. The fraction of sp³-hybridized carbons (Fsp3) is 0.267. The smallest absolute Gasteiger partial charge is 0.126 e. The van der Waals surface area contributed by atoms with Crippen LogP contribution in [0.3, 0.4) is 0 Å². The van der Waals surface area contributed by atoms with Crippen molar-refractivity contribution in [3.8, 4) is 0 Å². The molecule has 0 bridgehead atoms. The highest BCUT2D eigenvalue weighted by Gasteiger charge is 2.08. The number of aromatic nitrogens is 1. The van der Waals surface area contributed by atoms with Crippen LogP contribution in [0.4, 0.5) is 4.39 Å². The highest BCUT2D eigenvalue weighted by molar-refractivity contribution is 5.26. The van der Waals surface area contributed by atoms with E-state index in [1.165, 1.54) is 6.07 Å². The number of pyridine rings is 1. The molecule has 1 heterocycles. The van der Waals surface area contributed by atoms with E-state index >= 15 is 0 Å². The highest BCUT2D eigenvalue weighted by atomic mass is 19.1.